The lowest BCUT2D eigenvalue weighted by Crippen LogP contribution is -2.49. The number of anilines is 1. The van der Waals surface area contributed by atoms with Gasteiger partial charge in [0.25, 0.3) is 0 Å². The highest BCUT2D eigenvalue weighted by Gasteiger charge is 2.30. The second kappa shape index (κ2) is 7.51. The first-order valence-corrected chi connectivity index (χ1v) is 11.0. The molecule has 0 saturated carbocycles. The first-order chi connectivity index (χ1) is 14.6. The lowest BCUT2D eigenvalue weighted by molar-refractivity contribution is 0.384. The summed E-state index contributed by atoms with van der Waals surface area (Å²) in [5, 5.41) is 9.31. The van der Waals surface area contributed by atoms with Crippen LogP contribution in [0.3, 0.4) is 0 Å². The van der Waals surface area contributed by atoms with E-state index in [1.165, 1.54) is 4.31 Å². The average Bonchev–Trinajstić information content (AvgIpc) is 3.34. The van der Waals surface area contributed by atoms with Crippen molar-refractivity contribution >= 4 is 26.7 Å². The fourth-order valence-corrected chi connectivity index (χ4v) is 5.22. The highest BCUT2D eigenvalue weighted by Crippen LogP contribution is 2.26. The highest BCUT2D eigenvalue weighted by atomic mass is 32.2. The van der Waals surface area contributed by atoms with Crippen molar-refractivity contribution in [2.75, 3.05) is 31.1 Å². The van der Waals surface area contributed by atoms with Crippen molar-refractivity contribution in [1.29, 1.82) is 0 Å². The van der Waals surface area contributed by atoms with Gasteiger partial charge in [0.05, 0.1) is 11.8 Å². The number of fused-ring (bicyclic) bond motifs is 1. The molecule has 0 atom stereocenters. The number of nitrogens with zero attached hydrogens (tertiary/aromatic N) is 5. The minimum Gasteiger partial charge on any atom is -0.463 e. The quantitative estimate of drug-likeness (QED) is 0.500. The molecule has 9 heteroatoms. The van der Waals surface area contributed by atoms with Crippen LogP contribution in [0.15, 0.2) is 76.4 Å². The molecule has 30 heavy (non-hydrogen) atoms. The molecule has 8 nitrogen and oxygen atoms in total. The van der Waals surface area contributed by atoms with E-state index < -0.39 is 10.0 Å². The molecule has 0 unspecified atom stereocenters. The Kier molecular flexibility index (Phi) is 4.68. The van der Waals surface area contributed by atoms with Gasteiger partial charge in [-0.2, -0.15) is 4.31 Å². The minimum absolute atomic E-state index is 0.247. The number of piperazine rings is 1. The zero-order chi connectivity index (χ0) is 20.6. The number of sulfonamides is 1. The molecule has 1 saturated heterocycles. The van der Waals surface area contributed by atoms with Crippen LogP contribution in [0.1, 0.15) is 0 Å². The Morgan fingerprint density at radius 1 is 0.867 bits per heavy atom. The van der Waals surface area contributed by atoms with Gasteiger partial charge in [0.1, 0.15) is 10.6 Å². The van der Waals surface area contributed by atoms with Crippen LogP contribution in [0.4, 0.5) is 5.82 Å². The van der Waals surface area contributed by atoms with Crippen LogP contribution in [0.5, 0.6) is 0 Å². The lowest BCUT2D eigenvalue weighted by atomic mass is 10.2. The molecule has 0 amide bonds. The maximum Gasteiger partial charge on any atom is 0.245 e. The van der Waals surface area contributed by atoms with E-state index in [0.29, 0.717) is 49.0 Å². The van der Waals surface area contributed by atoms with E-state index in [1.807, 2.05) is 35.2 Å². The molecule has 0 bridgehead atoms. The smallest absolute Gasteiger partial charge is 0.245 e. The molecule has 4 heterocycles. The number of para-hydroxylation sites is 1. The van der Waals surface area contributed by atoms with Crippen molar-refractivity contribution in [3.63, 3.8) is 0 Å². The number of benzene rings is 1. The van der Waals surface area contributed by atoms with E-state index in [-0.39, 0.29) is 4.90 Å². The van der Waals surface area contributed by atoms with E-state index >= 15 is 0 Å². The summed E-state index contributed by atoms with van der Waals surface area (Å²) < 4.78 is 33.3. The largest absolute Gasteiger partial charge is 0.463 e. The third-order valence-corrected chi connectivity index (χ3v) is 7.13. The summed E-state index contributed by atoms with van der Waals surface area (Å²) in [6, 6.07) is 16.3. The van der Waals surface area contributed by atoms with Crippen LogP contribution in [-0.2, 0) is 10.0 Å². The molecular weight excluding hydrogens is 402 g/mol. The van der Waals surface area contributed by atoms with Gasteiger partial charge in [-0.05, 0) is 36.4 Å². The van der Waals surface area contributed by atoms with Crippen molar-refractivity contribution < 1.29 is 12.8 Å². The molecule has 3 aromatic heterocycles. The van der Waals surface area contributed by atoms with Crippen molar-refractivity contribution in [2.45, 2.75) is 4.90 Å². The van der Waals surface area contributed by atoms with Gasteiger partial charge >= 0.3 is 0 Å². The van der Waals surface area contributed by atoms with Gasteiger partial charge in [0, 0.05) is 37.8 Å². The van der Waals surface area contributed by atoms with Gasteiger partial charge in [0.15, 0.2) is 11.6 Å². The molecule has 152 valence electrons. The Balaban J connectivity index is 1.33. The van der Waals surface area contributed by atoms with Gasteiger partial charge < -0.3 is 9.32 Å². The molecule has 1 aliphatic rings. The normalized spacial score (nSPS) is 15.5. The molecule has 0 radical (unpaired) electrons. The topological polar surface area (TPSA) is 92.4 Å². The number of pyridine rings is 1. The summed E-state index contributed by atoms with van der Waals surface area (Å²) in [6.45, 7) is 1.80. The summed E-state index contributed by atoms with van der Waals surface area (Å²) in [5.41, 5.74) is 1.16. The molecule has 0 N–H and O–H groups in total. The Morgan fingerprint density at radius 2 is 1.70 bits per heavy atom. The summed E-state index contributed by atoms with van der Waals surface area (Å²) >= 11 is 0. The van der Waals surface area contributed by atoms with Crippen LogP contribution < -0.4 is 4.90 Å². The predicted molar refractivity (Wildman–Crippen MR) is 112 cm³/mol. The van der Waals surface area contributed by atoms with Crippen molar-refractivity contribution in [3.8, 4) is 11.5 Å². The number of aromatic nitrogens is 3. The molecule has 1 fully saturated rings. The van der Waals surface area contributed by atoms with Crippen LogP contribution in [0.25, 0.3) is 22.4 Å². The number of furan rings is 1. The van der Waals surface area contributed by atoms with Gasteiger partial charge in [0.2, 0.25) is 10.0 Å². The first-order valence-electron chi connectivity index (χ1n) is 9.59. The third kappa shape index (κ3) is 3.31. The van der Waals surface area contributed by atoms with Crippen molar-refractivity contribution in [2.24, 2.45) is 0 Å². The van der Waals surface area contributed by atoms with Crippen molar-refractivity contribution in [3.05, 3.63) is 67.1 Å². The second-order valence-corrected chi connectivity index (χ2v) is 8.88. The standard InChI is InChI=1S/C21H19N5O3S/c27-30(28,19-7-1-4-16-5-2-10-22-21(16)19)26-13-11-25(12-14-26)20-9-8-17(23-24-20)18-6-3-15-29-18/h1-10,15H,11-14H2. The maximum absolute atomic E-state index is 13.2. The zero-order valence-corrected chi connectivity index (χ0v) is 16.9. The Bertz CT molecular complexity index is 1260. The van der Waals surface area contributed by atoms with Gasteiger partial charge in [-0.3, -0.25) is 4.98 Å². The Morgan fingerprint density at radius 3 is 2.43 bits per heavy atom. The Hall–Kier alpha value is -3.30. The molecule has 4 aromatic rings. The molecule has 0 aliphatic carbocycles. The molecule has 0 spiro atoms. The second-order valence-electron chi connectivity index (χ2n) is 6.98. The average molecular weight is 421 g/mol. The third-order valence-electron chi connectivity index (χ3n) is 5.20. The van der Waals surface area contributed by atoms with Crippen LogP contribution >= 0.6 is 0 Å². The minimum atomic E-state index is -3.63. The molecular formula is C21H19N5O3S. The van der Waals surface area contributed by atoms with Gasteiger partial charge in [-0.1, -0.05) is 18.2 Å². The van der Waals surface area contributed by atoms with E-state index in [0.717, 1.165) is 5.39 Å². The summed E-state index contributed by atoms with van der Waals surface area (Å²) in [7, 11) is -3.63. The van der Waals surface area contributed by atoms with Crippen LogP contribution in [0.2, 0.25) is 0 Å². The van der Waals surface area contributed by atoms with Crippen LogP contribution in [0, 0.1) is 0 Å². The first kappa shape index (κ1) is 18.7. The fraction of sp³-hybridized carbons (Fsp3) is 0.190. The van der Waals surface area contributed by atoms with Gasteiger partial charge in [-0.25, -0.2) is 8.42 Å². The van der Waals surface area contributed by atoms with Crippen LogP contribution in [-0.4, -0.2) is 54.1 Å². The van der Waals surface area contributed by atoms with E-state index in [9.17, 15) is 8.42 Å². The maximum atomic E-state index is 13.2. The summed E-state index contributed by atoms with van der Waals surface area (Å²) in [4.78, 5) is 6.57. The number of hydrogen-bond donors (Lipinski definition) is 0. The number of rotatable bonds is 4. The fourth-order valence-electron chi connectivity index (χ4n) is 3.63. The lowest BCUT2D eigenvalue weighted by Gasteiger charge is -2.34. The van der Waals surface area contributed by atoms with E-state index in [2.05, 4.69) is 15.2 Å². The monoisotopic (exact) mass is 421 g/mol. The number of hydrogen-bond acceptors (Lipinski definition) is 7. The summed E-state index contributed by atoms with van der Waals surface area (Å²) in [5.74, 6) is 1.38. The van der Waals surface area contributed by atoms with E-state index in [1.54, 1.807) is 36.7 Å². The molecule has 1 aliphatic heterocycles. The predicted octanol–water partition coefficient (Wildman–Crippen LogP) is 2.80. The molecule has 1 aromatic carbocycles. The zero-order valence-electron chi connectivity index (χ0n) is 16.0. The van der Waals surface area contributed by atoms with E-state index in [4.69, 9.17) is 4.42 Å². The van der Waals surface area contributed by atoms with Gasteiger partial charge in [-0.15, -0.1) is 10.2 Å². The highest BCUT2D eigenvalue weighted by molar-refractivity contribution is 7.89. The van der Waals surface area contributed by atoms with Crippen molar-refractivity contribution in [1.82, 2.24) is 19.5 Å². The summed E-state index contributed by atoms with van der Waals surface area (Å²) in [6.07, 6.45) is 3.21. The molecule has 5 rings (SSSR count). The Labute approximate surface area is 173 Å². The SMILES string of the molecule is O=S(=O)(c1cccc2cccnc12)N1CCN(c2ccc(-c3ccco3)nn2)CC1.